The zero-order valence-corrected chi connectivity index (χ0v) is 22.8. The van der Waals surface area contributed by atoms with Crippen molar-refractivity contribution in [3.05, 3.63) is 89.1 Å². The third-order valence-electron chi connectivity index (χ3n) is 7.20. The molecule has 0 radical (unpaired) electrons. The van der Waals surface area contributed by atoms with E-state index >= 15 is 0 Å². The van der Waals surface area contributed by atoms with Crippen molar-refractivity contribution in [1.82, 2.24) is 19.5 Å². The number of aliphatic carboxylic acids is 1. The third kappa shape index (κ3) is 6.10. The number of carboxylic acid groups (broad SMARTS) is 1. The van der Waals surface area contributed by atoms with Crippen molar-refractivity contribution in [2.45, 2.75) is 55.8 Å². The molecule has 11 heteroatoms. The number of imidazole rings is 1. The van der Waals surface area contributed by atoms with Gasteiger partial charge in [0, 0.05) is 6.42 Å². The summed E-state index contributed by atoms with van der Waals surface area (Å²) in [4.78, 5) is 25.0. The van der Waals surface area contributed by atoms with E-state index in [1.165, 1.54) is 16.5 Å². The van der Waals surface area contributed by atoms with Crippen LogP contribution in [0.25, 0.3) is 11.2 Å². The summed E-state index contributed by atoms with van der Waals surface area (Å²) in [5, 5.41) is 32.0. The van der Waals surface area contributed by atoms with Gasteiger partial charge >= 0.3 is 5.97 Å². The smallest absolute Gasteiger partial charge is 0.333 e. The molecule has 1 saturated heterocycles. The Morgan fingerprint density at radius 3 is 2.46 bits per heavy atom. The number of hydrogen-bond donors (Lipinski definition) is 3. The van der Waals surface area contributed by atoms with Crippen LogP contribution in [0.2, 0.25) is 5.28 Å². The standard InChI is InChI=1S/C30H29ClN4O6/c1-2-30(39)23(17-40-22(28(37)38)16-20-12-7-4-8-13-20)41-27(25(30)36)35-18-32-24-21(33-29(31)34-26(24)35)15-9-14-19-10-5-3-6-11-19/h1,3-8,10-13,18,22-23,25,27,36,39H,9,14-17H2,(H,37,38)/t22?,23-,25+,27-,30-/m1/s1. The normalized spacial score (nSPS) is 22.9. The van der Waals surface area contributed by atoms with Gasteiger partial charge in [-0.05, 0) is 42.0 Å². The van der Waals surface area contributed by atoms with Crippen molar-refractivity contribution >= 4 is 28.7 Å². The van der Waals surface area contributed by atoms with Crippen LogP contribution in [0.15, 0.2) is 67.0 Å². The molecule has 212 valence electrons. The lowest BCUT2D eigenvalue weighted by Crippen LogP contribution is -2.48. The van der Waals surface area contributed by atoms with Gasteiger partial charge in [0.15, 0.2) is 23.6 Å². The maximum atomic E-state index is 11.9. The van der Waals surface area contributed by atoms with Gasteiger partial charge in [-0.3, -0.25) is 4.57 Å². The Morgan fingerprint density at radius 1 is 1.12 bits per heavy atom. The molecule has 1 aliphatic heterocycles. The van der Waals surface area contributed by atoms with Crippen molar-refractivity contribution in [3.63, 3.8) is 0 Å². The first-order valence-electron chi connectivity index (χ1n) is 13.1. The molecule has 4 aromatic rings. The fourth-order valence-corrected chi connectivity index (χ4v) is 5.16. The maximum absolute atomic E-state index is 11.9. The first-order valence-corrected chi connectivity index (χ1v) is 13.5. The number of aliphatic hydroxyl groups excluding tert-OH is 1. The Balaban J connectivity index is 1.34. The van der Waals surface area contributed by atoms with Gasteiger partial charge in [0.25, 0.3) is 0 Å². The molecular weight excluding hydrogens is 548 g/mol. The monoisotopic (exact) mass is 576 g/mol. The van der Waals surface area contributed by atoms with Crippen molar-refractivity contribution in [2.75, 3.05) is 6.61 Å². The minimum absolute atomic E-state index is 0.00115. The highest BCUT2D eigenvalue weighted by Gasteiger charge is 2.56. The number of carbonyl (C=O) groups is 1. The van der Waals surface area contributed by atoms with Crippen LogP contribution in [0.3, 0.4) is 0 Å². The number of benzene rings is 2. The van der Waals surface area contributed by atoms with Gasteiger partial charge in [0.2, 0.25) is 5.28 Å². The SMILES string of the molecule is C#C[C@@]1(O)[C@@H](COC(Cc2ccccc2)C(=O)O)O[C@@H](n2cnc3c(CCCc4ccccc4)nc(Cl)nc32)[C@@H]1O. The molecule has 2 aromatic carbocycles. The minimum atomic E-state index is -2.17. The molecule has 5 rings (SSSR count). The summed E-state index contributed by atoms with van der Waals surface area (Å²) in [7, 11) is 0. The molecule has 1 aliphatic rings. The van der Waals surface area contributed by atoms with E-state index in [4.69, 9.17) is 27.5 Å². The quantitative estimate of drug-likeness (QED) is 0.181. The second-order valence-electron chi connectivity index (χ2n) is 9.88. The molecule has 1 fully saturated rings. The van der Waals surface area contributed by atoms with Crippen molar-refractivity contribution in [3.8, 4) is 12.3 Å². The number of carboxylic acids is 1. The average molecular weight is 577 g/mol. The van der Waals surface area contributed by atoms with Crippen LogP contribution >= 0.6 is 11.6 Å². The summed E-state index contributed by atoms with van der Waals surface area (Å²) in [6.45, 7) is -0.384. The van der Waals surface area contributed by atoms with E-state index in [1.807, 2.05) is 24.3 Å². The highest BCUT2D eigenvalue weighted by Crippen LogP contribution is 2.39. The van der Waals surface area contributed by atoms with Gasteiger partial charge in [-0.25, -0.2) is 14.8 Å². The summed E-state index contributed by atoms with van der Waals surface area (Å²) < 4.78 is 13.1. The van der Waals surface area contributed by atoms with E-state index < -0.39 is 36.1 Å². The lowest BCUT2D eigenvalue weighted by Gasteiger charge is -2.26. The molecular formula is C30H29ClN4O6. The Labute approximate surface area is 241 Å². The number of terminal acetylenes is 1. The molecule has 10 nitrogen and oxygen atoms in total. The molecule has 0 amide bonds. The van der Waals surface area contributed by atoms with Crippen molar-refractivity contribution in [2.24, 2.45) is 0 Å². The lowest BCUT2D eigenvalue weighted by molar-refractivity contribution is -0.156. The summed E-state index contributed by atoms with van der Waals surface area (Å²) in [5.74, 6) is 1.03. The summed E-state index contributed by atoms with van der Waals surface area (Å²) in [5.41, 5.74) is 1.21. The summed E-state index contributed by atoms with van der Waals surface area (Å²) in [6, 6.07) is 19.1. The van der Waals surface area contributed by atoms with E-state index in [-0.39, 0.29) is 18.3 Å². The number of ether oxygens (including phenoxy) is 2. The van der Waals surface area contributed by atoms with E-state index in [2.05, 4.69) is 33.0 Å². The fourth-order valence-electron chi connectivity index (χ4n) is 4.98. The number of aromatic nitrogens is 4. The molecule has 0 saturated carbocycles. The second kappa shape index (κ2) is 12.3. The molecule has 1 unspecified atom stereocenters. The first-order chi connectivity index (χ1) is 19.8. The Kier molecular flexibility index (Phi) is 8.63. The second-order valence-corrected chi connectivity index (χ2v) is 10.2. The van der Waals surface area contributed by atoms with Crippen LogP contribution in [0.5, 0.6) is 0 Å². The predicted molar refractivity (Wildman–Crippen MR) is 150 cm³/mol. The zero-order chi connectivity index (χ0) is 29.0. The lowest BCUT2D eigenvalue weighted by atomic mass is 9.93. The van der Waals surface area contributed by atoms with Crippen LogP contribution in [-0.4, -0.2) is 71.3 Å². The minimum Gasteiger partial charge on any atom is -0.479 e. The summed E-state index contributed by atoms with van der Waals surface area (Å²) in [6.07, 6.45) is 4.10. The molecule has 3 heterocycles. The highest BCUT2D eigenvalue weighted by atomic mass is 35.5. The van der Waals surface area contributed by atoms with Crippen LogP contribution in [0, 0.1) is 12.3 Å². The largest absolute Gasteiger partial charge is 0.479 e. The van der Waals surface area contributed by atoms with Gasteiger partial charge in [0.05, 0.1) is 18.6 Å². The Morgan fingerprint density at radius 2 is 1.80 bits per heavy atom. The van der Waals surface area contributed by atoms with Crippen LogP contribution in [0.1, 0.15) is 29.5 Å². The number of aryl methyl sites for hydroxylation is 2. The van der Waals surface area contributed by atoms with Gasteiger partial charge in [-0.1, -0.05) is 66.6 Å². The van der Waals surface area contributed by atoms with Gasteiger partial charge in [-0.15, -0.1) is 6.42 Å². The van der Waals surface area contributed by atoms with Crippen molar-refractivity contribution < 1.29 is 29.6 Å². The molecule has 0 spiro atoms. The van der Waals surface area contributed by atoms with Gasteiger partial charge < -0.3 is 24.8 Å². The van der Waals surface area contributed by atoms with Gasteiger partial charge in [-0.2, -0.15) is 4.98 Å². The van der Waals surface area contributed by atoms with Crippen LogP contribution < -0.4 is 0 Å². The van der Waals surface area contributed by atoms with Crippen LogP contribution in [-0.2, 0) is 33.5 Å². The van der Waals surface area contributed by atoms with E-state index in [1.54, 1.807) is 24.3 Å². The molecule has 0 aliphatic carbocycles. The Bertz CT molecular complexity index is 1540. The predicted octanol–water partition coefficient (Wildman–Crippen LogP) is 2.99. The maximum Gasteiger partial charge on any atom is 0.333 e. The molecule has 41 heavy (non-hydrogen) atoms. The van der Waals surface area contributed by atoms with Crippen molar-refractivity contribution in [1.29, 1.82) is 0 Å². The van der Waals surface area contributed by atoms with Gasteiger partial charge in [0.1, 0.15) is 17.7 Å². The molecule has 3 N–H and O–H groups in total. The van der Waals surface area contributed by atoms with E-state index in [0.29, 0.717) is 23.3 Å². The molecule has 2 aromatic heterocycles. The fraction of sp³-hybridized carbons (Fsp3) is 0.333. The topological polar surface area (TPSA) is 140 Å². The van der Waals surface area contributed by atoms with E-state index in [0.717, 1.165) is 18.4 Å². The molecule has 0 bridgehead atoms. The number of nitrogens with zero attached hydrogens (tertiary/aromatic N) is 4. The van der Waals surface area contributed by atoms with Crippen LogP contribution in [0.4, 0.5) is 0 Å². The Hall–Kier alpha value is -3.85. The molecule has 5 atom stereocenters. The number of hydrogen-bond acceptors (Lipinski definition) is 8. The number of halogens is 1. The van der Waals surface area contributed by atoms with E-state index in [9.17, 15) is 20.1 Å². The zero-order valence-electron chi connectivity index (χ0n) is 22.0. The first kappa shape index (κ1) is 28.7. The summed E-state index contributed by atoms with van der Waals surface area (Å²) >= 11 is 6.26. The highest BCUT2D eigenvalue weighted by molar-refractivity contribution is 6.28. The average Bonchev–Trinajstić information content (AvgIpc) is 3.50. The number of fused-ring (bicyclic) bond motifs is 1. The third-order valence-corrected chi connectivity index (χ3v) is 7.37. The number of aliphatic hydroxyl groups is 2. The number of rotatable bonds is 11.